The Morgan fingerprint density at radius 1 is 0.917 bits per heavy atom. The number of amides is 1. The Bertz CT molecular complexity index is 403. The van der Waals surface area contributed by atoms with Crippen LogP contribution in [-0.2, 0) is 9.59 Å². The fourth-order valence-electron chi connectivity index (χ4n) is 3.99. The molecule has 1 aliphatic heterocycles. The lowest BCUT2D eigenvalue weighted by Crippen LogP contribution is -2.62. The van der Waals surface area contributed by atoms with Crippen LogP contribution in [0.2, 0.25) is 0 Å². The Balaban J connectivity index is 2.12. The normalized spacial score (nSPS) is 19.8. The van der Waals surface area contributed by atoms with Gasteiger partial charge in [-0.15, -0.1) is 0 Å². The van der Waals surface area contributed by atoms with E-state index in [-0.39, 0.29) is 29.4 Å². The molecule has 0 radical (unpaired) electrons. The van der Waals surface area contributed by atoms with Crippen LogP contribution in [0.1, 0.15) is 91.9 Å². The van der Waals surface area contributed by atoms with Crippen molar-refractivity contribution in [3.63, 3.8) is 0 Å². The number of rotatable bonds is 10. The van der Waals surface area contributed by atoms with E-state index in [0.717, 1.165) is 51.4 Å². The summed E-state index contributed by atoms with van der Waals surface area (Å²) in [6.07, 6.45) is 8.63. The summed E-state index contributed by atoms with van der Waals surface area (Å²) in [6.45, 7) is 8.77. The highest BCUT2D eigenvalue weighted by Crippen LogP contribution is 2.28. The van der Waals surface area contributed by atoms with E-state index >= 15 is 0 Å². The number of piperidine rings is 1. The van der Waals surface area contributed by atoms with Gasteiger partial charge in [0.05, 0.1) is 0 Å². The van der Waals surface area contributed by atoms with Gasteiger partial charge in [0.25, 0.3) is 0 Å². The number of carboxylic acids is 1. The van der Waals surface area contributed by atoms with Crippen molar-refractivity contribution in [3.05, 3.63) is 0 Å². The van der Waals surface area contributed by atoms with Crippen molar-refractivity contribution in [2.75, 3.05) is 0 Å². The molecule has 0 saturated carbocycles. The molecule has 1 aliphatic rings. The zero-order chi connectivity index (χ0) is 18.2. The number of carboxylic acid groups (broad SMARTS) is 1. The minimum absolute atomic E-state index is 0.0512. The van der Waals surface area contributed by atoms with Crippen LogP contribution in [0.3, 0.4) is 0 Å². The summed E-state index contributed by atoms with van der Waals surface area (Å²) in [5.74, 6) is -0.546. The summed E-state index contributed by atoms with van der Waals surface area (Å²) >= 11 is 0. The Morgan fingerprint density at radius 2 is 1.38 bits per heavy atom. The topological polar surface area (TPSA) is 78.4 Å². The summed E-state index contributed by atoms with van der Waals surface area (Å²) in [7, 11) is 0. The Kier molecular flexibility index (Phi) is 8.20. The molecule has 5 heteroatoms. The van der Waals surface area contributed by atoms with Crippen molar-refractivity contribution in [3.8, 4) is 0 Å². The summed E-state index contributed by atoms with van der Waals surface area (Å²) in [4.78, 5) is 22.6. The molecular weight excluding hydrogens is 304 g/mol. The van der Waals surface area contributed by atoms with Crippen LogP contribution in [0.4, 0.5) is 0 Å². The van der Waals surface area contributed by atoms with Crippen LogP contribution in [0, 0.1) is 0 Å². The zero-order valence-corrected chi connectivity index (χ0v) is 15.9. The summed E-state index contributed by atoms with van der Waals surface area (Å²) < 4.78 is 0. The zero-order valence-electron chi connectivity index (χ0n) is 15.9. The van der Waals surface area contributed by atoms with Crippen molar-refractivity contribution >= 4 is 11.9 Å². The minimum Gasteiger partial charge on any atom is -0.481 e. The first-order valence-electron chi connectivity index (χ1n) is 9.40. The van der Waals surface area contributed by atoms with Gasteiger partial charge in [-0.3, -0.25) is 9.59 Å². The molecule has 0 spiro atoms. The van der Waals surface area contributed by atoms with E-state index in [1.54, 1.807) is 0 Å². The molecule has 0 atom stereocenters. The Morgan fingerprint density at radius 3 is 1.88 bits per heavy atom. The molecule has 1 fully saturated rings. The lowest BCUT2D eigenvalue weighted by atomic mass is 9.79. The monoisotopic (exact) mass is 340 g/mol. The van der Waals surface area contributed by atoms with E-state index < -0.39 is 5.97 Å². The largest absolute Gasteiger partial charge is 0.481 e. The van der Waals surface area contributed by atoms with Gasteiger partial charge in [-0.25, -0.2) is 0 Å². The molecule has 0 aromatic heterocycles. The van der Waals surface area contributed by atoms with Gasteiger partial charge in [0.2, 0.25) is 5.91 Å². The van der Waals surface area contributed by atoms with Crippen LogP contribution < -0.4 is 10.6 Å². The second-order valence-electron chi connectivity index (χ2n) is 8.58. The molecule has 1 rings (SSSR count). The van der Waals surface area contributed by atoms with Crippen molar-refractivity contribution in [2.45, 2.75) is 109 Å². The van der Waals surface area contributed by atoms with Gasteiger partial charge in [-0.1, -0.05) is 25.7 Å². The molecule has 1 saturated heterocycles. The molecule has 0 unspecified atom stereocenters. The number of aliphatic carboxylic acids is 1. The maximum atomic E-state index is 12.1. The molecule has 24 heavy (non-hydrogen) atoms. The maximum absolute atomic E-state index is 12.1. The number of carbonyl (C=O) groups excluding carboxylic acids is 1. The predicted octanol–water partition coefficient (Wildman–Crippen LogP) is 3.62. The first-order chi connectivity index (χ1) is 11.1. The second kappa shape index (κ2) is 9.40. The third-order valence-corrected chi connectivity index (χ3v) is 4.60. The number of carbonyl (C=O) groups is 2. The lowest BCUT2D eigenvalue weighted by molar-refractivity contribution is -0.137. The van der Waals surface area contributed by atoms with E-state index in [9.17, 15) is 9.59 Å². The Hall–Kier alpha value is -1.10. The quantitative estimate of drug-likeness (QED) is 0.531. The highest BCUT2D eigenvalue weighted by atomic mass is 16.4. The number of hydrogen-bond acceptors (Lipinski definition) is 3. The molecular formula is C19H36N2O3. The van der Waals surface area contributed by atoms with Gasteiger partial charge in [0, 0.05) is 30.0 Å². The minimum atomic E-state index is -0.712. The summed E-state index contributed by atoms with van der Waals surface area (Å²) in [6, 6.07) is 0.250. The predicted molar refractivity (Wildman–Crippen MR) is 97.0 cm³/mol. The highest BCUT2D eigenvalue weighted by molar-refractivity contribution is 5.76. The van der Waals surface area contributed by atoms with Gasteiger partial charge >= 0.3 is 5.97 Å². The Labute approximate surface area is 147 Å². The standard InChI is InChI=1S/C19H36N2O3/c1-18(2)13-15(14-19(3,4)21-18)20-16(22)11-9-7-5-6-8-10-12-17(23)24/h15,21H,5-14H2,1-4H3,(H,20,22)(H,23,24). The van der Waals surface area contributed by atoms with Crippen molar-refractivity contribution < 1.29 is 14.7 Å². The van der Waals surface area contributed by atoms with Gasteiger partial charge in [0.1, 0.15) is 0 Å². The first-order valence-corrected chi connectivity index (χ1v) is 9.40. The fraction of sp³-hybridized carbons (Fsp3) is 0.895. The molecule has 1 amide bonds. The molecule has 140 valence electrons. The van der Waals surface area contributed by atoms with Crippen LogP contribution in [0.5, 0.6) is 0 Å². The van der Waals surface area contributed by atoms with Gasteiger partial charge < -0.3 is 15.7 Å². The number of hydrogen-bond donors (Lipinski definition) is 3. The maximum Gasteiger partial charge on any atom is 0.303 e. The van der Waals surface area contributed by atoms with E-state index in [4.69, 9.17) is 5.11 Å². The van der Waals surface area contributed by atoms with Gasteiger partial charge in [-0.2, -0.15) is 0 Å². The van der Waals surface area contributed by atoms with Gasteiger partial charge in [-0.05, 0) is 53.4 Å². The highest BCUT2D eigenvalue weighted by Gasteiger charge is 2.37. The molecule has 1 heterocycles. The van der Waals surface area contributed by atoms with E-state index in [0.29, 0.717) is 6.42 Å². The van der Waals surface area contributed by atoms with E-state index in [1.165, 1.54) is 0 Å². The van der Waals surface area contributed by atoms with Crippen molar-refractivity contribution in [1.29, 1.82) is 0 Å². The van der Waals surface area contributed by atoms with Crippen LogP contribution >= 0.6 is 0 Å². The first kappa shape index (κ1) is 20.9. The van der Waals surface area contributed by atoms with Crippen molar-refractivity contribution in [1.82, 2.24) is 10.6 Å². The van der Waals surface area contributed by atoms with Gasteiger partial charge in [0.15, 0.2) is 0 Å². The summed E-state index contributed by atoms with van der Waals surface area (Å²) in [5, 5.41) is 15.4. The third kappa shape index (κ3) is 9.26. The molecule has 0 bridgehead atoms. The SMILES string of the molecule is CC1(C)CC(NC(=O)CCCCCCCCC(=O)O)CC(C)(C)N1. The van der Waals surface area contributed by atoms with Crippen LogP contribution in [-0.4, -0.2) is 34.1 Å². The van der Waals surface area contributed by atoms with Crippen molar-refractivity contribution in [2.24, 2.45) is 0 Å². The summed E-state index contributed by atoms with van der Waals surface area (Å²) in [5.41, 5.74) is 0.102. The molecule has 5 nitrogen and oxygen atoms in total. The average Bonchev–Trinajstić information content (AvgIpc) is 2.37. The molecule has 0 aliphatic carbocycles. The van der Waals surface area contributed by atoms with E-state index in [1.807, 2.05) is 0 Å². The smallest absolute Gasteiger partial charge is 0.303 e. The fourth-order valence-corrected chi connectivity index (χ4v) is 3.99. The lowest BCUT2D eigenvalue weighted by Gasteiger charge is -2.46. The van der Waals surface area contributed by atoms with Crippen LogP contribution in [0.25, 0.3) is 0 Å². The number of unbranched alkanes of at least 4 members (excludes halogenated alkanes) is 5. The third-order valence-electron chi connectivity index (χ3n) is 4.60. The molecule has 0 aromatic rings. The second-order valence-corrected chi connectivity index (χ2v) is 8.58. The van der Waals surface area contributed by atoms with Crippen LogP contribution in [0.15, 0.2) is 0 Å². The molecule has 0 aromatic carbocycles. The number of nitrogens with one attached hydrogen (secondary N) is 2. The molecule has 3 N–H and O–H groups in total. The average molecular weight is 341 g/mol. The van der Waals surface area contributed by atoms with E-state index in [2.05, 4.69) is 38.3 Å².